The minimum Gasteiger partial charge on any atom is -0.348 e. The number of amides is 1. The molecule has 1 N–H and O–H groups in total. The maximum Gasteiger partial charge on any atom is 0.251 e. The summed E-state index contributed by atoms with van der Waals surface area (Å²) in [5, 5.41) is 2.60. The van der Waals surface area contributed by atoms with Crippen molar-refractivity contribution in [3.63, 3.8) is 0 Å². The van der Waals surface area contributed by atoms with Crippen molar-refractivity contribution in [2.45, 2.75) is 18.2 Å². The summed E-state index contributed by atoms with van der Waals surface area (Å²) in [7, 11) is 0.123. The number of hydrogen-bond acceptors (Lipinski definition) is 3. The van der Waals surface area contributed by atoms with E-state index in [4.69, 9.17) is 11.6 Å². The minimum absolute atomic E-state index is 0.229. The van der Waals surface area contributed by atoms with Crippen LogP contribution in [0.15, 0.2) is 66.7 Å². The lowest BCUT2D eigenvalue weighted by molar-refractivity contribution is 0.0951. The number of rotatable bonds is 5. The summed E-state index contributed by atoms with van der Waals surface area (Å²) in [6.07, 6.45) is 0.299. The number of benzene rings is 3. The lowest BCUT2D eigenvalue weighted by atomic mass is 9.98. The first-order valence-corrected chi connectivity index (χ1v) is 11.5. The van der Waals surface area contributed by atoms with E-state index in [2.05, 4.69) is 5.32 Å². The van der Waals surface area contributed by atoms with Gasteiger partial charge < -0.3 is 5.32 Å². The van der Waals surface area contributed by atoms with Crippen LogP contribution < -0.4 is 9.62 Å². The molecule has 1 aliphatic rings. The molecule has 4 rings (SSSR count). The average molecular weight is 471 g/mol. The van der Waals surface area contributed by atoms with Crippen molar-refractivity contribution in [1.29, 1.82) is 0 Å². The number of anilines is 1. The van der Waals surface area contributed by atoms with Gasteiger partial charge in [-0.15, -0.1) is 0 Å². The Balaban J connectivity index is 1.55. The summed E-state index contributed by atoms with van der Waals surface area (Å²) in [4.78, 5) is 25.9. The van der Waals surface area contributed by atoms with Crippen molar-refractivity contribution in [3.8, 4) is 0 Å². The molecule has 1 aliphatic heterocycles. The summed E-state index contributed by atoms with van der Waals surface area (Å²) in [5.41, 5.74) is 2.82. The van der Waals surface area contributed by atoms with Gasteiger partial charge in [-0.2, -0.15) is 0 Å². The number of halogens is 2. The van der Waals surface area contributed by atoms with Crippen molar-refractivity contribution in [3.05, 3.63) is 99.8 Å². The van der Waals surface area contributed by atoms with Crippen molar-refractivity contribution >= 4 is 40.0 Å². The molecule has 0 fully saturated rings. The van der Waals surface area contributed by atoms with Crippen LogP contribution in [0.25, 0.3) is 0 Å². The number of fused-ring (bicyclic) bond motifs is 1. The van der Waals surface area contributed by atoms with E-state index in [0.29, 0.717) is 28.3 Å². The van der Waals surface area contributed by atoms with Gasteiger partial charge in [0.2, 0.25) is 0 Å². The van der Waals surface area contributed by atoms with E-state index >= 15 is 0 Å². The Labute approximate surface area is 192 Å². The Hall–Kier alpha value is -3.03. The number of Topliss-reactive ketones (excluding diaryl/α,β-unsaturated/α-hetero) is 1. The third kappa shape index (κ3) is 4.59. The number of hydrogen-bond donors (Lipinski definition) is 1. The van der Waals surface area contributed by atoms with Crippen LogP contribution in [0.4, 0.5) is 10.1 Å². The van der Waals surface area contributed by atoms with E-state index in [1.807, 2.05) is 12.1 Å². The molecule has 0 aliphatic carbocycles. The summed E-state index contributed by atoms with van der Waals surface area (Å²) in [6.45, 7) is 0.229. The quantitative estimate of drug-likeness (QED) is 0.604. The highest BCUT2D eigenvalue weighted by atomic mass is 35.5. The number of ketones is 1. The predicted octanol–water partition coefficient (Wildman–Crippen LogP) is 4.32. The van der Waals surface area contributed by atoms with Crippen molar-refractivity contribution < 1.29 is 18.2 Å². The molecule has 0 radical (unpaired) electrons. The van der Waals surface area contributed by atoms with E-state index in [1.165, 1.54) is 12.1 Å². The van der Waals surface area contributed by atoms with Crippen LogP contribution in [0, 0.1) is 5.82 Å². The molecule has 2 atom stereocenters. The Morgan fingerprint density at radius 1 is 1.06 bits per heavy atom. The molecule has 0 saturated carbocycles. The fourth-order valence-corrected chi connectivity index (χ4v) is 5.09. The fourth-order valence-electron chi connectivity index (χ4n) is 3.59. The topological polar surface area (TPSA) is 66.5 Å². The van der Waals surface area contributed by atoms with Crippen molar-refractivity contribution in [2.24, 2.45) is 0 Å². The predicted molar refractivity (Wildman–Crippen MR) is 124 cm³/mol. The number of carbonyl (C=O) groups is 2. The van der Waals surface area contributed by atoms with Crippen LogP contribution in [0.1, 0.15) is 31.8 Å². The first-order valence-electron chi connectivity index (χ1n) is 9.93. The van der Waals surface area contributed by atoms with Gasteiger partial charge in [-0.05, 0) is 60.0 Å². The summed E-state index contributed by atoms with van der Waals surface area (Å²) >= 11 is 5.93. The lowest BCUT2D eigenvalue weighted by Crippen LogP contribution is -2.42. The molecule has 0 bridgehead atoms. The van der Waals surface area contributed by atoms with Crippen LogP contribution in [-0.4, -0.2) is 28.2 Å². The largest absolute Gasteiger partial charge is 0.348 e. The minimum atomic E-state index is -1.55. The van der Waals surface area contributed by atoms with Crippen LogP contribution >= 0.6 is 11.6 Å². The van der Waals surface area contributed by atoms with E-state index in [1.54, 1.807) is 53.8 Å². The zero-order valence-corrected chi connectivity index (χ0v) is 18.8. The molecule has 1 amide bonds. The van der Waals surface area contributed by atoms with Crippen molar-refractivity contribution in [1.82, 2.24) is 5.32 Å². The zero-order valence-electron chi connectivity index (χ0n) is 17.2. The van der Waals surface area contributed by atoms with Crippen molar-refractivity contribution in [2.75, 3.05) is 11.4 Å². The van der Waals surface area contributed by atoms with E-state index < -0.39 is 16.2 Å². The first-order chi connectivity index (χ1) is 15.3. The molecule has 3 aromatic rings. The molecule has 0 aromatic heterocycles. The Kier molecular flexibility index (Phi) is 6.39. The van der Waals surface area contributed by atoms with Crippen LogP contribution in [0.3, 0.4) is 0 Å². The normalized spacial score (nSPS) is 17.7. The van der Waals surface area contributed by atoms with Gasteiger partial charge in [0.15, 0.2) is 5.78 Å². The number of nitrogens with zero attached hydrogens (tertiary/aromatic N) is 1. The molecule has 0 saturated heterocycles. The summed E-state index contributed by atoms with van der Waals surface area (Å²) in [5.74, 6) is -0.962. The van der Waals surface area contributed by atoms with Crippen LogP contribution in [0.2, 0.25) is 5.02 Å². The van der Waals surface area contributed by atoms with Gasteiger partial charge in [0.05, 0.1) is 5.69 Å². The van der Waals surface area contributed by atoms with E-state index in [-0.39, 0.29) is 24.1 Å². The van der Waals surface area contributed by atoms with Gasteiger partial charge in [0, 0.05) is 29.7 Å². The molecular formula is C24H20ClFN2O3S. The third-order valence-corrected chi connectivity index (χ3v) is 7.23. The molecule has 2 unspecified atom stereocenters. The van der Waals surface area contributed by atoms with Gasteiger partial charge in [0.1, 0.15) is 22.1 Å². The second kappa shape index (κ2) is 9.22. The Morgan fingerprint density at radius 2 is 1.72 bits per heavy atom. The number of nitrogens with one attached hydrogen (secondary N) is 1. The maximum atomic E-state index is 13.2. The van der Waals surface area contributed by atoms with Gasteiger partial charge in [-0.25, -0.2) is 8.60 Å². The van der Waals surface area contributed by atoms with Gasteiger partial charge in [-0.3, -0.25) is 13.9 Å². The average Bonchev–Trinajstić information content (AvgIpc) is 2.80. The highest BCUT2D eigenvalue weighted by molar-refractivity contribution is 7.88. The summed E-state index contributed by atoms with van der Waals surface area (Å²) in [6, 6.07) is 17.7. The number of carbonyl (C=O) groups excluding carboxylic acids is 2. The standard InChI is InChI=1S/C24H20ClFN2O3S/c1-28-21-11-6-17(24(30)27-14-16-4-9-19(26)10-5-16)13-20(21)23(29)22(32(28)31)12-15-2-7-18(25)8-3-15/h2-11,13,22H,12,14H2,1H3,(H,27,30). The fraction of sp³-hybridized carbons (Fsp3) is 0.167. The smallest absolute Gasteiger partial charge is 0.251 e. The second-order valence-electron chi connectivity index (χ2n) is 7.50. The molecule has 0 spiro atoms. The molecule has 5 nitrogen and oxygen atoms in total. The van der Waals surface area contributed by atoms with Crippen LogP contribution in [-0.2, 0) is 24.0 Å². The van der Waals surface area contributed by atoms with Gasteiger partial charge >= 0.3 is 0 Å². The SMILES string of the molecule is CN1c2ccc(C(=O)NCc3ccc(F)cc3)cc2C(=O)C(Cc2ccc(Cl)cc2)S1=O. The first kappa shape index (κ1) is 22.2. The van der Waals surface area contributed by atoms with Gasteiger partial charge in [-0.1, -0.05) is 35.9 Å². The van der Waals surface area contributed by atoms with E-state index in [0.717, 1.165) is 11.1 Å². The molecule has 8 heteroatoms. The Bertz CT molecular complexity index is 1200. The van der Waals surface area contributed by atoms with Gasteiger partial charge in [0.25, 0.3) is 5.91 Å². The maximum absolute atomic E-state index is 13.2. The highest BCUT2D eigenvalue weighted by Gasteiger charge is 2.37. The highest BCUT2D eigenvalue weighted by Crippen LogP contribution is 2.32. The zero-order chi connectivity index (χ0) is 22.8. The summed E-state index contributed by atoms with van der Waals surface area (Å²) < 4.78 is 27.6. The molecule has 164 valence electrons. The lowest BCUT2D eigenvalue weighted by Gasteiger charge is -2.31. The molecule has 3 aromatic carbocycles. The van der Waals surface area contributed by atoms with Crippen LogP contribution in [0.5, 0.6) is 0 Å². The molecule has 1 heterocycles. The second-order valence-corrected chi connectivity index (χ2v) is 9.60. The third-order valence-electron chi connectivity index (χ3n) is 5.37. The van der Waals surface area contributed by atoms with E-state index in [9.17, 15) is 18.2 Å². The Morgan fingerprint density at radius 3 is 2.41 bits per heavy atom. The molecule has 32 heavy (non-hydrogen) atoms. The molecular weight excluding hydrogens is 451 g/mol. The monoisotopic (exact) mass is 470 g/mol.